The molecule has 0 saturated heterocycles. The normalized spacial score (nSPS) is 12.7. The third kappa shape index (κ3) is 5.08. The van der Waals surface area contributed by atoms with Crippen LogP contribution in [-0.4, -0.2) is 47.9 Å². The Morgan fingerprint density at radius 1 is 1.13 bits per heavy atom. The van der Waals surface area contributed by atoms with Crippen molar-refractivity contribution in [3.05, 3.63) is 78.0 Å². The van der Waals surface area contributed by atoms with Gasteiger partial charge in [-0.05, 0) is 86.3 Å². The number of hydrogen-bond donors (Lipinski definition) is 2. The number of aliphatic carboxylic acids is 1. The molecule has 0 spiro atoms. The summed E-state index contributed by atoms with van der Waals surface area (Å²) in [6.07, 6.45) is 7.82. The molecule has 3 aromatic heterocycles. The zero-order valence-corrected chi connectivity index (χ0v) is 21.9. The Morgan fingerprint density at radius 3 is 2.63 bits per heavy atom. The van der Waals surface area contributed by atoms with Crippen molar-refractivity contribution < 1.29 is 19.7 Å². The number of aliphatic hydroxyl groups is 1. The minimum absolute atomic E-state index is 0.0835. The highest BCUT2D eigenvalue weighted by molar-refractivity contribution is 6.08. The van der Waals surface area contributed by atoms with Gasteiger partial charge in [0.2, 0.25) is 0 Å². The quantitative estimate of drug-likeness (QED) is 0.338. The summed E-state index contributed by atoms with van der Waals surface area (Å²) in [5.74, 6) is 0.695. The lowest BCUT2D eigenvalue weighted by Crippen LogP contribution is -2.10. The number of pyridine rings is 2. The fourth-order valence-corrected chi connectivity index (χ4v) is 4.77. The summed E-state index contributed by atoms with van der Waals surface area (Å²) in [6.45, 7) is 7.81. The van der Waals surface area contributed by atoms with Crippen LogP contribution in [0.2, 0.25) is 0 Å². The molecule has 6 rings (SSSR count). The third-order valence-electron chi connectivity index (χ3n) is 6.25. The summed E-state index contributed by atoms with van der Waals surface area (Å²) in [5, 5.41) is 20.1. The molecule has 0 unspecified atom stereocenters. The van der Waals surface area contributed by atoms with Gasteiger partial charge in [-0.3, -0.25) is 14.3 Å². The highest BCUT2D eigenvalue weighted by Crippen LogP contribution is 2.42. The van der Waals surface area contributed by atoms with Gasteiger partial charge in [-0.25, -0.2) is 9.97 Å². The predicted molar refractivity (Wildman–Crippen MR) is 147 cm³/mol. The molecule has 1 aliphatic heterocycles. The van der Waals surface area contributed by atoms with Crippen LogP contribution in [0.5, 0.6) is 5.75 Å². The number of carbonyl (C=O) groups is 1. The van der Waals surface area contributed by atoms with Crippen molar-refractivity contribution in [2.45, 2.75) is 46.1 Å². The Bertz CT molecular complexity index is 1640. The molecular formula is C30H30N4O4. The number of ether oxygens (including phenoxy) is 1. The Morgan fingerprint density at radius 2 is 1.92 bits per heavy atom. The van der Waals surface area contributed by atoms with E-state index in [1.54, 1.807) is 33.3 Å². The van der Waals surface area contributed by atoms with Gasteiger partial charge < -0.3 is 14.9 Å². The second-order valence-electron chi connectivity index (χ2n) is 10.4. The number of hydrogen-bond acceptors (Lipinski definition) is 6. The highest BCUT2D eigenvalue weighted by atomic mass is 16.5. The Balaban J connectivity index is 0.000000540. The van der Waals surface area contributed by atoms with Crippen LogP contribution in [-0.2, 0) is 17.6 Å². The second kappa shape index (κ2) is 9.87. The lowest BCUT2D eigenvalue weighted by Gasteiger charge is -2.21. The van der Waals surface area contributed by atoms with E-state index in [1.165, 1.54) is 5.56 Å². The first-order valence-corrected chi connectivity index (χ1v) is 12.5. The SMILES string of the molecule is CC(C)(C)O.Cc1cc2nc(-n3ccnc3)ccc2c(-c2ccc3c4c(ccnc24)CCO3)c1CC(=O)O. The van der Waals surface area contributed by atoms with Gasteiger partial charge in [0.05, 0.1) is 29.7 Å². The van der Waals surface area contributed by atoms with E-state index in [0.717, 1.165) is 62.0 Å². The summed E-state index contributed by atoms with van der Waals surface area (Å²) >= 11 is 0. The van der Waals surface area contributed by atoms with Gasteiger partial charge >= 0.3 is 5.97 Å². The van der Waals surface area contributed by atoms with E-state index in [0.29, 0.717) is 6.61 Å². The fourth-order valence-electron chi connectivity index (χ4n) is 4.77. The molecule has 0 atom stereocenters. The van der Waals surface area contributed by atoms with Gasteiger partial charge in [-0.15, -0.1) is 0 Å². The summed E-state index contributed by atoms with van der Waals surface area (Å²) in [5.41, 5.74) is 5.71. The van der Waals surface area contributed by atoms with Crippen LogP contribution in [0.25, 0.3) is 38.8 Å². The molecule has 8 nitrogen and oxygen atoms in total. The molecule has 2 N–H and O–H groups in total. The topological polar surface area (TPSA) is 110 Å². The van der Waals surface area contributed by atoms with E-state index in [2.05, 4.69) is 4.98 Å². The van der Waals surface area contributed by atoms with Gasteiger partial charge in [-0.2, -0.15) is 0 Å². The number of rotatable bonds is 4. The van der Waals surface area contributed by atoms with Crippen molar-refractivity contribution in [1.29, 1.82) is 0 Å². The number of aryl methyl sites for hydroxylation is 1. The van der Waals surface area contributed by atoms with Crippen molar-refractivity contribution in [3.8, 4) is 22.7 Å². The standard InChI is InChI=1S/C26H20N4O3.C4H10O/c1-15-12-20-17(3-5-22(29-20)30-10-9-27-14-30)25(19(15)13-23(31)32)18-2-4-21-24-16(7-11-33-21)6-8-28-26(18)24;1-4(2,3)5/h2-6,8-10,12,14H,7,11,13H2,1H3,(H,31,32);5H,1-3H3. The van der Waals surface area contributed by atoms with Gasteiger partial charge in [0.25, 0.3) is 0 Å². The molecule has 0 amide bonds. The van der Waals surface area contributed by atoms with Gasteiger partial charge in [0.15, 0.2) is 0 Å². The lowest BCUT2D eigenvalue weighted by atomic mass is 9.88. The molecule has 38 heavy (non-hydrogen) atoms. The Labute approximate surface area is 220 Å². The van der Waals surface area contributed by atoms with Gasteiger partial charge in [0.1, 0.15) is 17.9 Å². The number of benzene rings is 2. The van der Waals surface area contributed by atoms with Crippen LogP contribution in [0.15, 0.2) is 61.3 Å². The molecular weight excluding hydrogens is 480 g/mol. The molecule has 4 heterocycles. The Kier molecular flexibility index (Phi) is 6.59. The van der Waals surface area contributed by atoms with Crippen LogP contribution < -0.4 is 4.74 Å². The first-order chi connectivity index (χ1) is 18.1. The minimum atomic E-state index is -0.874. The van der Waals surface area contributed by atoms with E-state index >= 15 is 0 Å². The van der Waals surface area contributed by atoms with Crippen molar-refractivity contribution in [2.75, 3.05) is 6.61 Å². The fraction of sp³-hybridized carbons (Fsp3) is 0.267. The summed E-state index contributed by atoms with van der Waals surface area (Å²) < 4.78 is 7.74. The number of carboxylic acids is 1. The molecule has 5 aromatic rings. The third-order valence-corrected chi connectivity index (χ3v) is 6.25. The summed E-state index contributed by atoms with van der Waals surface area (Å²) in [4.78, 5) is 25.5. The molecule has 0 aliphatic carbocycles. The number of nitrogens with zero attached hydrogens (tertiary/aromatic N) is 4. The molecule has 194 valence electrons. The van der Waals surface area contributed by atoms with Crippen LogP contribution in [0, 0.1) is 6.92 Å². The number of carboxylic acid groups (broad SMARTS) is 1. The van der Waals surface area contributed by atoms with E-state index in [-0.39, 0.29) is 6.42 Å². The smallest absolute Gasteiger partial charge is 0.307 e. The van der Waals surface area contributed by atoms with E-state index in [4.69, 9.17) is 19.8 Å². The van der Waals surface area contributed by atoms with E-state index < -0.39 is 11.6 Å². The largest absolute Gasteiger partial charge is 0.493 e. The molecule has 1 aliphatic rings. The minimum Gasteiger partial charge on any atom is -0.493 e. The molecule has 0 fully saturated rings. The van der Waals surface area contributed by atoms with Crippen LogP contribution in [0.3, 0.4) is 0 Å². The van der Waals surface area contributed by atoms with Crippen molar-refractivity contribution in [1.82, 2.24) is 19.5 Å². The first kappa shape index (κ1) is 25.4. The summed E-state index contributed by atoms with van der Waals surface area (Å²) in [7, 11) is 0. The average Bonchev–Trinajstić information content (AvgIpc) is 3.39. The Hall–Kier alpha value is -4.30. The zero-order chi connectivity index (χ0) is 27.0. The van der Waals surface area contributed by atoms with E-state index in [1.807, 2.05) is 60.3 Å². The highest BCUT2D eigenvalue weighted by Gasteiger charge is 2.22. The van der Waals surface area contributed by atoms with Crippen LogP contribution in [0.1, 0.15) is 37.5 Å². The monoisotopic (exact) mass is 510 g/mol. The second-order valence-corrected chi connectivity index (χ2v) is 10.4. The first-order valence-electron chi connectivity index (χ1n) is 12.5. The van der Waals surface area contributed by atoms with Crippen molar-refractivity contribution in [3.63, 3.8) is 0 Å². The van der Waals surface area contributed by atoms with E-state index in [9.17, 15) is 9.90 Å². The van der Waals surface area contributed by atoms with Crippen molar-refractivity contribution >= 4 is 27.8 Å². The van der Waals surface area contributed by atoms with Crippen LogP contribution in [0.4, 0.5) is 0 Å². The maximum atomic E-state index is 11.8. The molecule has 8 heteroatoms. The predicted octanol–water partition coefficient (Wildman–Crippen LogP) is 5.28. The zero-order valence-electron chi connectivity index (χ0n) is 21.9. The number of fused-ring (bicyclic) bond motifs is 1. The molecule has 2 aromatic carbocycles. The maximum Gasteiger partial charge on any atom is 0.307 e. The van der Waals surface area contributed by atoms with Crippen LogP contribution >= 0.6 is 0 Å². The maximum absolute atomic E-state index is 11.8. The molecule has 0 bridgehead atoms. The van der Waals surface area contributed by atoms with Crippen molar-refractivity contribution in [2.24, 2.45) is 0 Å². The summed E-state index contributed by atoms with van der Waals surface area (Å²) in [6, 6.07) is 11.9. The average molecular weight is 511 g/mol. The molecule has 0 saturated carbocycles. The van der Waals surface area contributed by atoms with Gasteiger partial charge in [0, 0.05) is 41.3 Å². The molecule has 0 radical (unpaired) electrons. The number of imidazole rings is 1. The number of aromatic nitrogens is 4. The lowest BCUT2D eigenvalue weighted by molar-refractivity contribution is -0.136. The van der Waals surface area contributed by atoms with Gasteiger partial charge in [-0.1, -0.05) is 0 Å².